The predicted molar refractivity (Wildman–Crippen MR) is 67.0 cm³/mol. The molecule has 0 aliphatic heterocycles. The number of aliphatic hydroxyl groups is 2. The van der Waals surface area contributed by atoms with E-state index in [4.69, 9.17) is 10.2 Å². The highest BCUT2D eigenvalue weighted by atomic mass is 16.3. The highest BCUT2D eigenvalue weighted by molar-refractivity contribution is 5.95. The van der Waals surface area contributed by atoms with Gasteiger partial charge in [-0.1, -0.05) is 13.8 Å². The number of imide groups is 1. The van der Waals surface area contributed by atoms with Gasteiger partial charge in [0.15, 0.2) is 0 Å². The third-order valence-corrected chi connectivity index (χ3v) is 2.12. The number of nitrogens with one attached hydrogen (secondary N) is 2. The molecule has 0 unspecified atom stereocenters. The van der Waals surface area contributed by atoms with E-state index in [2.05, 4.69) is 10.6 Å². The number of hydrogen-bond acceptors (Lipinski definition) is 5. The van der Waals surface area contributed by atoms with Gasteiger partial charge < -0.3 is 15.5 Å². The van der Waals surface area contributed by atoms with E-state index in [0.29, 0.717) is 12.5 Å². The summed E-state index contributed by atoms with van der Waals surface area (Å²) < 4.78 is 0. The topological polar surface area (TPSA) is 102 Å². The number of nitrogens with zero attached hydrogens (tertiary/aromatic N) is 1. The lowest BCUT2D eigenvalue weighted by Gasteiger charge is -2.19. The minimum Gasteiger partial charge on any atom is -0.395 e. The smallest absolute Gasteiger partial charge is 0.321 e. The van der Waals surface area contributed by atoms with Crippen LogP contribution in [0.5, 0.6) is 0 Å². The van der Waals surface area contributed by atoms with E-state index in [0.717, 1.165) is 0 Å². The van der Waals surface area contributed by atoms with Crippen LogP contribution in [-0.2, 0) is 4.79 Å². The first-order chi connectivity index (χ1) is 8.49. The number of amides is 3. The maximum atomic E-state index is 11.5. The van der Waals surface area contributed by atoms with Gasteiger partial charge in [-0.25, -0.2) is 4.79 Å². The molecule has 3 amide bonds. The average molecular weight is 261 g/mol. The normalized spacial score (nSPS) is 10.8. The Balaban J connectivity index is 3.95. The summed E-state index contributed by atoms with van der Waals surface area (Å²) in [6.07, 6.45) is 0. The fourth-order valence-corrected chi connectivity index (χ4v) is 1.26. The van der Waals surface area contributed by atoms with Gasteiger partial charge in [0.25, 0.3) is 0 Å². The van der Waals surface area contributed by atoms with Gasteiger partial charge in [0.05, 0.1) is 19.8 Å². The van der Waals surface area contributed by atoms with E-state index >= 15 is 0 Å². The molecule has 0 aromatic heterocycles. The molecule has 0 saturated heterocycles. The van der Waals surface area contributed by atoms with Crippen LogP contribution in [0.15, 0.2) is 0 Å². The molecule has 0 heterocycles. The molecule has 7 heteroatoms. The van der Waals surface area contributed by atoms with Crippen molar-refractivity contribution in [2.45, 2.75) is 13.8 Å². The van der Waals surface area contributed by atoms with Crippen molar-refractivity contribution in [2.75, 3.05) is 39.4 Å². The zero-order chi connectivity index (χ0) is 14.0. The van der Waals surface area contributed by atoms with Crippen LogP contribution in [0.3, 0.4) is 0 Å². The van der Waals surface area contributed by atoms with E-state index in [1.165, 1.54) is 0 Å². The summed E-state index contributed by atoms with van der Waals surface area (Å²) in [5.74, 6) is -0.149. The Morgan fingerprint density at radius 2 is 1.72 bits per heavy atom. The first-order valence-electron chi connectivity index (χ1n) is 6.01. The molecule has 18 heavy (non-hydrogen) atoms. The number of aliphatic hydroxyl groups excluding tert-OH is 2. The van der Waals surface area contributed by atoms with Crippen LogP contribution in [0.2, 0.25) is 0 Å². The van der Waals surface area contributed by atoms with Gasteiger partial charge in [0.1, 0.15) is 0 Å². The van der Waals surface area contributed by atoms with Crippen molar-refractivity contribution in [3.05, 3.63) is 0 Å². The molecule has 0 fully saturated rings. The van der Waals surface area contributed by atoms with Crippen molar-refractivity contribution in [3.63, 3.8) is 0 Å². The molecule has 0 aliphatic rings. The SMILES string of the molecule is CC(C)CNC(=O)NC(=O)CN(CCO)CCO. The molecule has 106 valence electrons. The summed E-state index contributed by atoms with van der Waals surface area (Å²) in [7, 11) is 0. The molecule has 0 spiro atoms. The maximum absolute atomic E-state index is 11.5. The number of rotatable bonds is 8. The zero-order valence-corrected chi connectivity index (χ0v) is 11.0. The molecule has 0 aliphatic carbocycles. The van der Waals surface area contributed by atoms with Crippen molar-refractivity contribution >= 4 is 11.9 Å². The van der Waals surface area contributed by atoms with Crippen molar-refractivity contribution in [2.24, 2.45) is 5.92 Å². The standard InChI is InChI=1S/C11H23N3O4/c1-9(2)7-12-11(18)13-10(17)8-14(3-5-15)4-6-16/h9,15-16H,3-8H2,1-2H3,(H2,12,13,17,18). The summed E-state index contributed by atoms with van der Waals surface area (Å²) in [6.45, 7) is 4.72. The monoisotopic (exact) mass is 261 g/mol. The largest absolute Gasteiger partial charge is 0.395 e. The quantitative estimate of drug-likeness (QED) is 0.437. The molecular weight excluding hydrogens is 238 g/mol. The van der Waals surface area contributed by atoms with E-state index in [-0.39, 0.29) is 32.8 Å². The molecule has 7 nitrogen and oxygen atoms in total. The Labute approximate surface area is 107 Å². The Bertz CT molecular complexity index is 253. The van der Waals surface area contributed by atoms with Crippen molar-refractivity contribution < 1.29 is 19.8 Å². The van der Waals surface area contributed by atoms with Crippen LogP contribution in [-0.4, -0.2) is 66.4 Å². The lowest BCUT2D eigenvalue weighted by atomic mass is 10.2. The third kappa shape index (κ3) is 8.91. The van der Waals surface area contributed by atoms with Crippen molar-refractivity contribution in [1.82, 2.24) is 15.5 Å². The Kier molecular flexibility index (Phi) is 9.17. The number of carbonyl (C=O) groups excluding carboxylic acids is 2. The lowest BCUT2D eigenvalue weighted by Crippen LogP contribution is -2.46. The van der Waals surface area contributed by atoms with Gasteiger partial charge >= 0.3 is 6.03 Å². The van der Waals surface area contributed by atoms with E-state index in [9.17, 15) is 9.59 Å². The predicted octanol–water partition coefficient (Wildman–Crippen LogP) is -1.25. The Morgan fingerprint density at radius 1 is 1.17 bits per heavy atom. The van der Waals surface area contributed by atoms with E-state index in [1.807, 2.05) is 13.8 Å². The number of carbonyl (C=O) groups is 2. The Hall–Kier alpha value is -1.18. The van der Waals surface area contributed by atoms with Crippen LogP contribution in [0, 0.1) is 5.92 Å². The summed E-state index contributed by atoms with van der Waals surface area (Å²) in [4.78, 5) is 24.3. The molecular formula is C11H23N3O4. The summed E-state index contributed by atoms with van der Waals surface area (Å²) in [5, 5.41) is 22.3. The van der Waals surface area contributed by atoms with Gasteiger partial charge in [-0.2, -0.15) is 0 Å². The number of hydrogen-bond donors (Lipinski definition) is 4. The second kappa shape index (κ2) is 9.81. The van der Waals surface area contributed by atoms with Crippen LogP contribution >= 0.6 is 0 Å². The number of urea groups is 1. The Morgan fingerprint density at radius 3 is 2.17 bits per heavy atom. The van der Waals surface area contributed by atoms with Crippen molar-refractivity contribution in [3.8, 4) is 0 Å². The third-order valence-electron chi connectivity index (χ3n) is 2.12. The maximum Gasteiger partial charge on any atom is 0.321 e. The summed E-state index contributed by atoms with van der Waals surface area (Å²) in [6, 6.07) is -0.526. The van der Waals surface area contributed by atoms with Gasteiger partial charge in [-0.3, -0.25) is 15.0 Å². The molecule has 0 atom stereocenters. The lowest BCUT2D eigenvalue weighted by molar-refractivity contribution is -0.121. The molecule has 0 radical (unpaired) electrons. The second-order valence-corrected chi connectivity index (χ2v) is 4.38. The molecule has 0 aromatic carbocycles. The first kappa shape index (κ1) is 16.8. The zero-order valence-electron chi connectivity index (χ0n) is 11.0. The van der Waals surface area contributed by atoms with Crippen LogP contribution in [0.4, 0.5) is 4.79 Å². The van der Waals surface area contributed by atoms with E-state index < -0.39 is 11.9 Å². The molecule has 0 aromatic rings. The van der Waals surface area contributed by atoms with Crippen molar-refractivity contribution in [1.29, 1.82) is 0 Å². The second-order valence-electron chi connectivity index (χ2n) is 4.38. The van der Waals surface area contributed by atoms with Gasteiger partial charge in [0.2, 0.25) is 5.91 Å². The fraction of sp³-hybridized carbons (Fsp3) is 0.818. The van der Waals surface area contributed by atoms with Crippen LogP contribution in [0.1, 0.15) is 13.8 Å². The minimum atomic E-state index is -0.526. The van der Waals surface area contributed by atoms with Gasteiger partial charge in [0, 0.05) is 19.6 Å². The van der Waals surface area contributed by atoms with E-state index in [1.54, 1.807) is 4.90 Å². The summed E-state index contributed by atoms with van der Waals surface area (Å²) >= 11 is 0. The highest BCUT2D eigenvalue weighted by Crippen LogP contribution is 1.88. The van der Waals surface area contributed by atoms with Gasteiger partial charge in [-0.15, -0.1) is 0 Å². The average Bonchev–Trinajstić information content (AvgIpc) is 2.26. The fourth-order valence-electron chi connectivity index (χ4n) is 1.26. The molecule has 4 N–H and O–H groups in total. The van der Waals surface area contributed by atoms with Gasteiger partial charge in [-0.05, 0) is 5.92 Å². The first-order valence-corrected chi connectivity index (χ1v) is 6.01. The highest BCUT2D eigenvalue weighted by Gasteiger charge is 2.12. The molecule has 0 bridgehead atoms. The molecule has 0 saturated carbocycles. The molecule has 0 rings (SSSR count). The van der Waals surface area contributed by atoms with Crippen LogP contribution < -0.4 is 10.6 Å². The van der Waals surface area contributed by atoms with Crippen LogP contribution in [0.25, 0.3) is 0 Å². The summed E-state index contributed by atoms with van der Waals surface area (Å²) in [5.41, 5.74) is 0. The minimum absolute atomic E-state index is 0.0315.